The molecule has 0 N–H and O–H groups in total. The largest absolute Gasteiger partial charge is 0.120 e. The molecule has 1 saturated carbocycles. The van der Waals surface area contributed by atoms with Gasteiger partial charge in [0.05, 0.1) is 0 Å². The molecule has 1 aliphatic rings. The predicted octanol–water partition coefficient (Wildman–Crippen LogP) is 5.53. The highest BCUT2D eigenvalue weighted by molar-refractivity contribution is 6.23. The van der Waals surface area contributed by atoms with E-state index in [2.05, 4.69) is 20.8 Å². The quantitative estimate of drug-likeness (QED) is 0.546. The van der Waals surface area contributed by atoms with Crippen LogP contribution in [-0.4, -0.2) is 4.87 Å². The van der Waals surface area contributed by atoms with Crippen molar-refractivity contribution in [3.05, 3.63) is 0 Å². The fourth-order valence-corrected chi connectivity index (χ4v) is 1.79. The average molecular weight is 219 g/mol. The molecular formula is C13H27Cl. The van der Waals surface area contributed by atoms with Gasteiger partial charge in [-0.1, -0.05) is 58.3 Å². The molecule has 0 bridgehead atoms. The van der Waals surface area contributed by atoms with Crippen LogP contribution in [0.2, 0.25) is 0 Å². The first-order valence-corrected chi connectivity index (χ1v) is 6.63. The maximum atomic E-state index is 5.91. The molecule has 0 atom stereocenters. The Balaban J connectivity index is 0.000000249. The molecule has 1 rings (SSSR count). The summed E-state index contributed by atoms with van der Waals surface area (Å²) in [5, 5.41) is 0. The number of rotatable bonds is 3. The van der Waals surface area contributed by atoms with Crippen molar-refractivity contribution < 1.29 is 0 Å². The van der Waals surface area contributed by atoms with Crippen LogP contribution >= 0.6 is 11.6 Å². The maximum Gasteiger partial charge on any atom is 0.0390 e. The molecule has 86 valence electrons. The highest BCUT2D eigenvalue weighted by Crippen LogP contribution is 2.19. The Labute approximate surface area is 95.4 Å². The zero-order valence-electron chi connectivity index (χ0n) is 10.2. The summed E-state index contributed by atoms with van der Waals surface area (Å²) in [5.74, 6) is 0. The van der Waals surface area contributed by atoms with Crippen molar-refractivity contribution >= 4 is 11.6 Å². The number of halogens is 1. The van der Waals surface area contributed by atoms with Gasteiger partial charge in [0.15, 0.2) is 0 Å². The van der Waals surface area contributed by atoms with Crippen LogP contribution in [0, 0.1) is 0 Å². The standard InChI is InChI=1S/C7H15Cl.C6H12/c1-4-5-6-7(2,3)8;1-2-4-6-5-3-1/h4-6H2,1-3H3;1-6H2. The third-order valence-corrected chi connectivity index (χ3v) is 2.81. The molecule has 0 radical (unpaired) electrons. The summed E-state index contributed by atoms with van der Waals surface area (Å²) in [4.78, 5) is 0.0238. The Morgan fingerprint density at radius 3 is 1.43 bits per heavy atom. The van der Waals surface area contributed by atoms with Crippen LogP contribution in [0.3, 0.4) is 0 Å². The minimum absolute atomic E-state index is 0.0238. The molecule has 0 aromatic heterocycles. The Morgan fingerprint density at radius 1 is 0.929 bits per heavy atom. The van der Waals surface area contributed by atoms with Gasteiger partial charge < -0.3 is 0 Å². The van der Waals surface area contributed by atoms with Gasteiger partial charge in [0.25, 0.3) is 0 Å². The fourth-order valence-electron chi connectivity index (χ4n) is 1.66. The molecule has 0 aromatic carbocycles. The summed E-state index contributed by atoms with van der Waals surface area (Å²) >= 11 is 5.91. The first kappa shape index (κ1) is 14.3. The summed E-state index contributed by atoms with van der Waals surface area (Å²) in [6.07, 6.45) is 12.6. The van der Waals surface area contributed by atoms with Gasteiger partial charge in [0, 0.05) is 4.87 Å². The van der Waals surface area contributed by atoms with Crippen LogP contribution in [0.1, 0.15) is 78.6 Å². The van der Waals surface area contributed by atoms with Crippen molar-refractivity contribution in [3.63, 3.8) is 0 Å². The molecule has 0 amide bonds. The highest BCUT2D eigenvalue weighted by Gasteiger charge is 2.10. The van der Waals surface area contributed by atoms with Crippen LogP contribution < -0.4 is 0 Å². The van der Waals surface area contributed by atoms with E-state index < -0.39 is 0 Å². The first-order chi connectivity index (χ1) is 6.56. The third kappa shape index (κ3) is 12.3. The molecule has 1 heteroatoms. The van der Waals surface area contributed by atoms with Crippen molar-refractivity contribution in [1.29, 1.82) is 0 Å². The lowest BCUT2D eigenvalue weighted by atomic mass is 10.0. The monoisotopic (exact) mass is 218 g/mol. The normalized spacial score (nSPS) is 17.1. The first-order valence-electron chi connectivity index (χ1n) is 6.25. The van der Waals surface area contributed by atoms with E-state index in [0.29, 0.717) is 0 Å². The highest BCUT2D eigenvalue weighted by atomic mass is 35.5. The van der Waals surface area contributed by atoms with E-state index in [1.165, 1.54) is 51.4 Å². The number of hydrogen-bond acceptors (Lipinski definition) is 0. The van der Waals surface area contributed by atoms with Crippen molar-refractivity contribution in [2.24, 2.45) is 0 Å². The summed E-state index contributed by atoms with van der Waals surface area (Å²) in [6, 6.07) is 0. The van der Waals surface area contributed by atoms with E-state index in [1.54, 1.807) is 0 Å². The molecule has 14 heavy (non-hydrogen) atoms. The molecule has 0 heterocycles. The van der Waals surface area contributed by atoms with Crippen molar-refractivity contribution in [1.82, 2.24) is 0 Å². The van der Waals surface area contributed by atoms with Gasteiger partial charge in [-0.15, -0.1) is 11.6 Å². The summed E-state index contributed by atoms with van der Waals surface area (Å²) < 4.78 is 0. The van der Waals surface area contributed by atoms with Crippen LogP contribution in [-0.2, 0) is 0 Å². The van der Waals surface area contributed by atoms with E-state index in [4.69, 9.17) is 11.6 Å². The van der Waals surface area contributed by atoms with Gasteiger partial charge >= 0.3 is 0 Å². The van der Waals surface area contributed by atoms with E-state index in [-0.39, 0.29) is 4.87 Å². The second-order valence-corrected chi connectivity index (χ2v) is 5.97. The predicted molar refractivity (Wildman–Crippen MR) is 67.2 cm³/mol. The zero-order chi connectivity index (χ0) is 10.9. The summed E-state index contributed by atoms with van der Waals surface area (Å²) in [5.41, 5.74) is 0. The van der Waals surface area contributed by atoms with Crippen LogP contribution in [0.5, 0.6) is 0 Å². The Hall–Kier alpha value is 0.290. The van der Waals surface area contributed by atoms with E-state index >= 15 is 0 Å². The van der Waals surface area contributed by atoms with Gasteiger partial charge in [0.1, 0.15) is 0 Å². The van der Waals surface area contributed by atoms with Gasteiger partial charge in [-0.05, 0) is 20.3 Å². The molecule has 0 nitrogen and oxygen atoms in total. The second kappa shape index (κ2) is 8.59. The molecule has 1 fully saturated rings. The SMILES string of the molecule is C1CCCCC1.CCCCC(C)(C)Cl. The summed E-state index contributed by atoms with van der Waals surface area (Å²) in [7, 11) is 0. The lowest BCUT2D eigenvalue weighted by Gasteiger charge is -2.13. The molecular weight excluding hydrogens is 192 g/mol. The molecule has 0 spiro atoms. The Morgan fingerprint density at radius 2 is 1.29 bits per heavy atom. The minimum atomic E-state index is 0.0238. The topological polar surface area (TPSA) is 0 Å². The van der Waals surface area contributed by atoms with Gasteiger partial charge in [-0.3, -0.25) is 0 Å². The molecule has 0 unspecified atom stereocenters. The van der Waals surface area contributed by atoms with Crippen molar-refractivity contribution in [2.75, 3.05) is 0 Å². The van der Waals surface area contributed by atoms with Crippen molar-refractivity contribution in [2.45, 2.75) is 83.4 Å². The molecule has 0 aliphatic heterocycles. The second-order valence-electron chi connectivity index (χ2n) is 4.94. The number of alkyl halides is 1. The fraction of sp³-hybridized carbons (Fsp3) is 1.00. The van der Waals surface area contributed by atoms with E-state index in [0.717, 1.165) is 6.42 Å². The number of unbranched alkanes of at least 4 members (excludes halogenated alkanes) is 1. The summed E-state index contributed by atoms with van der Waals surface area (Å²) in [6.45, 7) is 6.30. The van der Waals surface area contributed by atoms with Crippen LogP contribution in [0.15, 0.2) is 0 Å². The van der Waals surface area contributed by atoms with E-state index in [1.807, 2.05) is 0 Å². The van der Waals surface area contributed by atoms with Crippen LogP contribution in [0.25, 0.3) is 0 Å². The number of hydrogen-bond donors (Lipinski definition) is 0. The van der Waals surface area contributed by atoms with Gasteiger partial charge in [-0.2, -0.15) is 0 Å². The van der Waals surface area contributed by atoms with E-state index in [9.17, 15) is 0 Å². The molecule has 1 aliphatic carbocycles. The maximum absolute atomic E-state index is 5.91. The van der Waals surface area contributed by atoms with Gasteiger partial charge in [0.2, 0.25) is 0 Å². The van der Waals surface area contributed by atoms with Gasteiger partial charge in [-0.25, -0.2) is 0 Å². The Bertz CT molecular complexity index is 97.4. The Kier molecular flexibility index (Phi) is 8.76. The lowest BCUT2D eigenvalue weighted by Crippen LogP contribution is -2.08. The third-order valence-electron chi connectivity index (χ3n) is 2.62. The zero-order valence-corrected chi connectivity index (χ0v) is 11.0. The minimum Gasteiger partial charge on any atom is -0.120 e. The smallest absolute Gasteiger partial charge is 0.0390 e. The van der Waals surface area contributed by atoms with Crippen molar-refractivity contribution in [3.8, 4) is 0 Å². The lowest BCUT2D eigenvalue weighted by molar-refractivity contribution is 0.504. The molecule has 0 aromatic rings. The van der Waals surface area contributed by atoms with Crippen LogP contribution in [0.4, 0.5) is 0 Å². The average Bonchev–Trinajstić information content (AvgIpc) is 2.17. The molecule has 0 saturated heterocycles.